The first kappa shape index (κ1) is 107. The van der Waals surface area contributed by atoms with Crippen molar-refractivity contribution < 1.29 is 196 Å². The average molecular weight is 1980 g/mol. The van der Waals surface area contributed by atoms with Gasteiger partial charge >= 0.3 is 0 Å². The molecule has 0 spiro atoms. The number of unbranched alkanes of at least 4 members (excludes halogenated alkanes) is 1. The van der Waals surface area contributed by atoms with Gasteiger partial charge in [-0.3, -0.25) is 28.8 Å². The van der Waals surface area contributed by atoms with Gasteiger partial charge < -0.3 is 195 Å². The zero-order valence-electron chi connectivity index (χ0n) is 77.9. The van der Waals surface area contributed by atoms with Gasteiger partial charge in [0.2, 0.25) is 29.4 Å². The third kappa shape index (κ3) is 21.6. The van der Waals surface area contributed by atoms with Crippen molar-refractivity contribution in [1.29, 1.82) is 0 Å². The lowest BCUT2D eigenvalue weighted by Crippen LogP contribution is -2.69. The molecule has 24 N–H and O–H groups in total. The Morgan fingerprint density at radius 2 is 1.06 bits per heavy atom. The van der Waals surface area contributed by atoms with Crippen LogP contribution in [0, 0.1) is 34.5 Å². The fraction of sp³-hybridized carbons (Fsp3) is 0.802. The van der Waals surface area contributed by atoms with Gasteiger partial charge in [-0.2, -0.15) is 0 Å². The molecule has 23 saturated heterocycles. The molecule has 12 bridgehead atoms. The second kappa shape index (κ2) is 45.2. The van der Waals surface area contributed by atoms with Crippen LogP contribution in [0.5, 0.6) is 5.75 Å². The zero-order chi connectivity index (χ0) is 99.9. The molecule has 31 unspecified atom stereocenters. The molecule has 24 heterocycles. The number of Topliss-reactive ketones (excluding diaryl/α,β-unsaturated/α-hetero) is 1. The summed E-state index contributed by atoms with van der Waals surface area (Å²) < 4.78 is 98.5. The van der Waals surface area contributed by atoms with Crippen molar-refractivity contribution in [3.63, 3.8) is 0 Å². The monoisotopic (exact) mass is 1980 g/mol. The van der Waals surface area contributed by atoms with Crippen molar-refractivity contribution in [2.24, 2.45) is 40.2 Å². The Labute approximate surface area is 799 Å². The van der Waals surface area contributed by atoms with Crippen LogP contribution < -0.4 is 31.7 Å². The summed E-state index contributed by atoms with van der Waals surface area (Å²) in [5.41, 5.74) is 5.73. The Morgan fingerprint density at radius 3 is 1.54 bits per heavy atom. The molecular formula is C91H136N8O40. The van der Waals surface area contributed by atoms with Crippen molar-refractivity contribution in [2.45, 2.75) is 371 Å². The predicted octanol–water partition coefficient (Wildman–Crippen LogP) is -7.57. The number of ketones is 2. The minimum atomic E-state index is -2.27. The number of carbonyl (C=O) groups is 6. The minimum absolute atomic E-state index is 0.0251. The number of benzene rings is 1. The van der Waals surface area contributed by atoms with E-state index in [9.17, 15) is 121 Å². The zero-order valence-corrected chi connectivity index (χ0v) is 77.9. The van der Waals surface area contributed by atoms with Crippen LogP contribution in [0.3, 0.4) is 0 Å². The third-order valence-corrected chi connectivity index (χ3v) is 30.1. The first-order chi connectivity index (χ1) is 66.3. The number of aliphatic hydroxyl groups excluding tert-OH is 18. The smallest absolute Gasteiger partial charge is 0.246 e. The number of nitrogens with zero attached hydrogens (tertiary/aromatic N) is 3. The highest BCUT2D eigenvalue weighted by molar-refractivity contribution is 6.01. The van der Waals surface area contributed by atoms with E-state index in [4.69, 9.17) is 81.5 Å². The van der Waals surface area contributed by atoms with E-state index >= 15 is 0 Å². The van der Waals surface area contributed by atoms with Gasteiger partial charge in [-0.1, -0.05) is 70.7 Å². The quantitative estimate of drug-likeness (QED) is 0.0352. The molecule has 139 heavy (non-hydrogen) atoms. The van der Waals surface area contributed by atoms with Gasteiger partial charge in [0, 0.05) is 29.0 Å². The summed E-state index contributed by atoms with van der Waals surface area (Å²) in [4.78, 5) is 82.0. The van der Waals surface area contributed by atoms with Gasteiger partial charge in [0.25, 0.3) is 0 Å². The number of ether oxygens (including phenoxy) is 16. The van der Waals surface area contributed by atoms with Crippen molar-refractivity contribution >= 4 is 40.9 Å². The van der Waals surface area contributed by atoms with Crippen LogP contribution in [0.4, 0.5) is 5.69 Å². The fourth-order valence-corrected chi connectivity index (χ4v) is 22.6. The Hall–Kier alpha value is -6.50. The van der Waals surface area contributed by atoms with Crippen LogP contribution in [0.1, 0.15) is 143 Å². The number of allylic oxidation sites excluding steroid dienone is 4. The summed E-state index contributed by atoms with van der Waals surface area (Å²) in [6.07, 6.45) is -51.7. The van der Waals surface area contributed by atoms with E-state index < -0.39 is 319 Å². The van der Waals surface area contributed by atoms with E-state index in [2.05, 4.69) is 38.5 Å². The van der Waals surface area contributed by atoms with E-state index in [1.807, 2.05) is 19.9 Å². The lowest BCUT2D eigenvalue weighted by atomic mass is 9.46. The van der Waals surface area contributed by atoms with Gasteiger partial charge in [-0.05, 0) is 132 Å². The number of amides is 4. The Bertz CT molecular complexity index is 4550. The standard InChI is InChI=1S/C91H136N8O40/c1-7-13-58-132-56-27-44-43-22-17-39-26-41(105)23-24-89(39,5)59(43)47(106)28-90(44,6)91(56,139-58)55(107)35-124-42-20-18-40(19-21-42)95-80(121)38(4)94-82(123)60(37(2)3)96-81(122)45(92)14-11-12-25-93-57(108)36-125-48-16-10-8-9-15-46-61(48)97-98-99(46)29-49-74-62(109)68(115)83(126-49)134-75-50(30-100)128-85(70(117)64(75)111)136-77-52(32-102)130-87(72(119)66(77)113)138-79-54(34-104)131-88(73(120)67(79)114)137-78-53(33-103)129-86(71(118)65(78)112)135-76-51(31-101)127-84(133-74)69(116)63(76)110/h18-21,23-24,26,37-38,43-45,47-54,56,58-60,62-79,83-88,100-104,106,109-120H,7-17,22,25,27-36,92H2,1-6H3,(H,93,108)(H,94,123)(H,95,121)(H,96,122)/t38-,43-,44-,45+,47-,48?,49?,50?,51?,52?,53?,54?,56+,58+,59+,60-,62?,63?,64?,65?,66?,67?,68?,69?,70?,71?,72?,73?,74?,75?,76?,77?,78?,79?,83?,84?,85?,86?,87?,88?,89-,90-,91+/m0/s1. The van der Waals surface area contributed by atoms with Crippen molar-refractivity contribution in [3.8, 4) is 5.75 Å². The van der Waals surface area contributed by atoms with Gasteiger partial charge in [-0.25, -0.2) is 4.68 Å². The number of hydrogen-bond acceptors (Lipinski definition) is 43. The number of nitrogens with two attached hydrogens (primary N) is 1. The molecular weight excluding hydrogens is 1850 g/mol. The Morgan fingerprint density at radius 1 is 0.568 bits per heavy atom. The maximum atomic E-state index is 14.9. The summed E-state index contributed by atoms with van der Waals surface area (Å²) in [5.74, 6) is -3.05. The summed E-state index contributed by atoms with van der Waals surface area (Å²) in [6.45, 7) is 4.53. The number of aromatic nitrogens is 3. The number of nitrogens with one attached hydrogen (secondary N) is 4. The second-order valence-electron chi connectivity index (χ2n) is 39.4. The van der Waals surface area contributed by atoms with Gasteiger partial charge in [-0.15, -0.1) is 5.10 Å². The summed E-state index contributed by atoms with van der Waals surface area (Å²) in [6, 6.07) is 3.06. The number of hydrogen-bond donors (Lipinski definition) is 23. The highest BCUT2D eigenvalue weighted by Crippen LogP contribution is 2.70. The molecule has 28 aliphatic rings. The largest absolute Gasteiger partial charge is 0.486 e. The molecule has 4 amide bonds. The highest BCUT2D eigenvalue weighted by atomic mass is 16.8. The lowest BCUT2D eigenvalue weighted by Gasteiger charge is -2.59. The van der Waals surface area contributed by atoms with Gasteiger partial charge in [0.05, 0.1) is 63.5 Å². The Kier molecular flexibility index (Phi) is 34.7. The molecule has 23 aliphatic heterocycles. The number of rotatable bonds is 28. The summed E-state index contributed by atoms with van der Waals surface area (Å²) >= 11 is 0. The molecule has 1 aromatic carbocycles. The lowest BCUT2D eigenvalue weighted by molar-refractivity contribution is -0.403. The van der Waals surface area contributed by atoms with Crippen LogP contribution >= 0.6 is 0 Å². The third-order valence-electron chi connectivity index (χ3n) is 30.1. The summed E-state index contributed by atoms with van der Waals surface area (Å²) in [7, 11) is 0. The molecule has 2 aromatic rings. The van der Waals surface area contributed by atoms with Crippen LogP contribution in [-0.2, 0) is 113 Å². The van der Waals surface area contributed by atoms with E-state index in [1.165, 1.54) is 11.6 Å². The second-order valence-corrected chi connectivity index (χ2v) is 39.4. The van der Waals surface area contributed by atoms with E-state index in [1.54, 1.807) is 50.3 Å². The number of carbonyl (C=O) groups excluding carboxylic acids is 6. The molecule has 3 saturated carbocycles. The molecule has 5 aliphatic carbocycles. The average Bonchev–Trinajstić information content (AvgIpc) is 1.53. The van der Waals surface area contributed by atoms with Crippen molar-refractivity contribution in [3.05, 3.63) is 59.5 Å². The van der Waals surface area contributed by atoms with Crippen LogP contribution in [0.2, 0.25) is 0 Å². The molecule has 0 radical (unpaired) electrons. The van der Waals surface area contributed by atoms with Crippen LogP contribution in [0.15, 0.2) is 48.1 Å². The van der Waals surface area contributed by atoms with E-state index in [0.29, 0.717) is 81.3 Å². The minimum Gasteiger partial charge on any atom is -0.486 e. The normalized spacial score (nSPS) is 42.9. The molecule has 26 fully saturated rings. The number of anilines is 1. The molecule has 780 valence electrons. The molecule has 48 nitrogen and oxygen atoms in total. The van der Waals surface area contributed by atoms with Crippen molar-refractivity contribution in [2.75, 3.05) is 58.1 Å². The topological polar surface area (TPSA) is 719 Å². The maximum Gasteiger partial charge on any atom is 0.246 e. The Balaban J connectivity index is 0.548. The molecule has 48 heteroatoms. The number of fused-ring (bicyclic) bond motifs is 8. The van der Waals surface area contributed by atoms with Gasteiger partial charge in [0.15, 0.2) is 55.4 Å². The van der Waals surface area contributed by atoms with E-state index in [0.717, 1.165) is 18.4 Å². The van der Waals surface area contributed by atoms with Crippen LogP contribution in [-0.4, -0.2) is 421 Å². The SMILES string of the molecule is CCC[C@@H]1O[C@@H]2C[C@H]3[C@@H]4CCC5=CC(=O)C=C[C@]5(C)[C@H]4[C@@H](O)C[C@]3(C)[C@]2(C(=O)COc2ccc(NC(=O)[C@H](C)NC(=O)[C@@H](NC(=O)[C@H](N)CCCCNC(=O)COC3CCCCCc4c3nnn4CC3OC4OC5C(CO)OC(OC6C(CO)OC(OC7C(CO)OC(OC8C(CO)OC(OC9C(CO)OC(OC3C(O)C4O)C(O)C9O)C(O)C8O)C(O)C7O)C(O)C6O)C(O)C5O)C(C)C)cc2)O1. The maximum absolute atomic E-state index is 14.9. The van der Waals surface area contributed by atoms with Crippen molar-refractivity contribution in [1.82, 2.24) is 30.9 Å². The predicted molar refractivity (Wildman–Crippen MR) is 465 cm³/mol. The highest BCUT2D eigenvalue weighted by Gasteiger charge is 2.76. The van der Waals surface area contributed by atoms with Crippen LogP contribution in [0.25, 0.3) is 0 Å². The first-order valence-corrected chi connectivity index (χ1v) is 48.1. The molecule has 1 aromatic heterocycles. The molecule has 30 rings (SSSR count). The number of aliphatic hydroxyl groups is 18. The molecule has 43 atom stereocenters. The summed E-state index contributed by atoms with van der Waals surface area (Å²) in [5, 5.41) is 226. The van der Waals surface area contributed by atoms with Gasteiger partial charge in [0.1, 0.15) is 189 Å². The first-order valence-electron chi connectivity index (χ1n) is 48.1. The van der Waals surface area contributed by atoms with E-state index in [-0.39, 0.29) is 61.0 Å². The fourth-order valence-electron chi connectivity index (χ4n) is 22.6.